The van der Waals surface area contributed by atoms with Crippen LogP contribution in [0.5, 0.6) is 0 Å². The number of thiazole rings is 1. The predicted octanol–water partition coefficient (Wildman–Crippen LogP) is 3.28. The highest BCUT2D eigenvalue weighted by Crippen LogP contribution is 2.32. The Hall–Kier alpha value is -2.90. The van der Waals surface area contributed by atoms with Crippen LogP contribution in [0.4, 0.5) is 0 Å². The molecule has 0 spiro atoms. The molecule has 1 aliphatic rings. The summed E-state index contributed by atoms with van der Waals surface area (Å²) >= 11 is 1.36. The largest absolute Gasteiger partial charge is 0.374 e. The minimum atomic E-state index is -4.13. The van der Waals surface area contributed by atoms with E-state index in [1.165, 1.54) is 21.7 Å². The van der Waals surface area contributed by atoms with Crippen LogP contribution in [0.1, 0.15) is 52.0 Å². The Morgan fingerprint density at radius 2 is 1.93 bits per heavy atom. The number of nitrogens with zero attached hydrogens (tertiary/aromatic N) is 2. The third kappa shape index (κ3) is 8.82. The first kappa shape index (κ1) is 33.0. The zero-order valence-corrected chi connectivity index (χ0v) is 26.7. The molecule has 0 aliphatic carbocycles. The van der Waals surface area contributed by atoms with Gasteiger partial charge in [-0.25, -0.2) is 13.4 Å². The number of hydrogen-bond acceptors (Lipinski definition) is 8. The second-order valence-corrected chi connectivity index (χ2v) is 14.6. The second kappa shape index (κ2) is 14.7. The van der Waals surface area contributed by atoms with Gasteiger partial charge in [0.25, 0.3) is 0 Å². The zero-order valence-electron chi connectivity index (χ0n) is 25.1. The van der Waals surface area contributed by atoms with Crippen molar-refractivity contribution in [3.63, 3.8) is 0 Å². The fraction of sp³-hybridized carbons (Fsp3) is 0.516. The average molecular weight is 630 g/mol. The molecule has 1 saturated heterocycles. The number of aliphatic hydroxyl groups is 1. The molecule has 2 heterocycles. The number of rotatable bonds is 15. The van der Waals surface area contributed by atoms with Gasteiger partial charge in [0.1, 0.15) is 5.72 Å². The lowest BCUT2D eigenvalue weighted by Crippen LogP contribution is -2.55. The highest BCUT2D eigenvalue weighted by Gasteiger charge is 2.43. The Kier molecular flexibility index (Phi) is 11.3. The van der Waals surface area contributed by atoms with Gasteiger partial charge in [0.2, 0.25) is 21.8 Å². The van der Waals surface area contributed by atoms with Crippen LogP contribution in [-0.2, 0) is 26.0 Å². The van der Waals surface area contributed by atoms with Gasteiger partial charge in [-0.05, 0) is 55.0 Å². The summed E-state index contributed by atoms with van der Waals surface area (Å²) < 4.78 is 30.3. The molecule has 3 atom stereocenters. The zero-order chi connectivity index (χ0) is 31.0. The number of hydrogen-bond donors (Lipinski definition) is 4. The maximum Gasteiger partial charge on any atom is 0.245 e. The molecule has 12 heteroatoms. The van der Waals surface area contributed by atoms with Gasteiger partial charge in [0, 0.05) is 38.9 Å². The van der Waals surface area contributed by atoms with E-state index in [2.05, 4.69) is 20.9 Å². The van der Waals surface area contributed by atoms with Crippen molar-refractivity contribution in [2.45, 2.75) is 69.5 Å². The number of amides is 2. The molecule has 1 aliphatic heterocycles. The summed E-state index contributed by atoms with van der Waals surface area (Å²) in [7, 11) is -4.13. The fourth-order valence-electron chi connectivity index (χ4n) is 5.34. The molecule has 3 unspecified atom stereocenters. The van der Waals surface area contributed by atoms with E-state index in [-0.39, 0.29) is 66.9 Å². The van der Waals surface area contributed by atoms with Gasteiger partial charge in [-0.1, -0.05) is 51.1 Å². The summed E-state index contributed by atoms with van der Waals surface area (Å²) in [5.74, 6) is -0.435. The topological polar surface area (TPSA) is 141 Å². The van der Waals surface area contributed by atoms with Crippen LogP contribution in [0, 0.1) is 11.8 Å². The Labute approximate surface area is 258 Å². The number of carbonyl (C=O) groups is 2. The van der Waals surface area contributed by atoms with Crippen molar-refractivity contribution in [1.82, 2.24) is 25.2 Å². The molecular formula is C31H43N5O5S2. The molecule has 3 aromatic rings. The van der Waals surface area contributed by atoms with Gasteiger partial charge in [-0.15, -0.1) is 11.3 Å². The molecule has 234 valence electrons. The number of carbonyl (C=O) groups excluding carboxylic acids is 2. The molecule has 4 N–H and O–H groups in total. The van der Waals surface area contributed by atoms with E-state index < -0.39 is 15.7 Å². The number of nitrogens with one attached hydrogen (secondary N) is 3. The van der Waals surface area contributed by atoms with E-state index in [4.69, 9.17) is 0 Å². The first-order valence-electron chi connectivity index (χ1n) is 14.9. The second-order valence-electron chi connectivity index (χ2n) is 11.9. The quantitative estimate of drug-likeness (QED) is 0.189. The van der Waals surface area contributed by atoms with Crippen LogP contribution in [-0.4, -0.2) is 72.6 Å². The minimum Gasteiger partial charge on any atom is -0.374 e. The summed E-state index contributed by atoms with van der Waals surface area (Å²) in [5.41, 5.74) is 1.35. The third-order valence-corrected chi connectivity index (χ3v) is 10.3. The van der Waals surface area contributed by atoms with Crippen LogP contribution in [0.25, 0.3) is 10.2 Å². The summed E-state index contributed by atoms with van der Waals surface area (Å²) in [5, 5.41) is 21.2. The average Bonchev–Trinajstić information content (AvgIpc) is 3.67. The Morgan fingerprint density at radius 3 is 2.63 bits per heavy atom. The van der Waals surface area contributed by atoms with Crippen LogP contribution in [0.2, 0.25) is 0 Å². The number of sulfonamides is 1. The molecule has 43 heavy (non-hydrogen) atoms. The monoisotopic (exact) mass is 629 g/mol. The maximum atomic E-state index is 14.2. The van der Waals surface area contributed by atoms with Gasteiger partial charge in [0.15, 0.2) is 0 Å². The Bertz CT molecular complexity index is 1470. The SMILES string of the molecule is CC(C)CN(C(O)(CCNC(=O)CC(C)CNC(=O)C1CCCN1)Cc1ccccc1)S(=O)(=O)c1ccc2ncsc2c1. The first-order valence-corrected chi connectivity index (χ1v) is 17.2. The molecule has 0 radical (unpaired) electrons. The van der Waals surface area contributed by atoms with Crippen molar-refractivity contribution in [3.8, 4) is 0 Å². The highest BCUT2D eigenvalue weighted by atomic mass is 32.2. The third-order valence-electron chi connectivity index (χ3n) is 7.60. The van der Waals surface area contributed by atoms with Crippen molar-refractivity contribution < 1.29 is 23.1 Å². The number of aromatic nitrogens is 1. The molecule has 2 aromatic carbocycles. The molecule has 10 nitrogen and oxygen atoms in total. The van der Waals surface area contributed by atoms with Gasteiger partial charge in [0.05, 0.1) is 26.7 Å². The molecule has 1 aromatic heterocycles. The highest BCUT2D eigenvalue weighted by molar-refractivity contribution is 7.89. The summed E-state index contributed by atoms with van der Waals surface area (Å²) in [6.45, 7) is 7.09. The van der Waals surface area contributed by atoms with E-state index in [0.717, 1.165) is 29.6 Å². The first-order chi connectivity index (χ1) is 20.5. The van der Waals surface area contributed by atoms with Crippen LogP contribution in [0.3, 0.4) is 0 Å². The minimum absolute atomic E-state index is 0.0130. The number of benzene rings is 2. The summed E-state index contributed by atoms with van der Waals surface area (Å²) in [6.07, 6.45) is 2.02. The van der Waals surface area contributed by atoms with Gasteiger partial charge < -0.3 is 21.1 Å². The van der Waals surface area contributed by atoms with Crippen molar-refractivity contribution in [2.75, 3.05) is 26.2 Å². The van der Waals surface area contributed by atoms with E-state index in [9.17, 15) is 23.1 Å². The van der Waals surface area contributed by atoms with Crippen LogP contribution in [0.15, 0.2) is 58.9 Å². The molecule has 4 rings (SSSR count). The van der Waals surface area contributed by atoms with Crippen molar-refractivity contribution in [1.29, 1.82) is 0 Å². The lowest BCUT2D eigenvalue weighted by Gasteiger charge is -2.40. The van der Waals surface area contributed by atoms with Crippen LogP contribution < -0.4 is 16.0 Å². The predicted molar refractivity (Wildman–Crippen MR) is 169 cm³/mol. The fourth-order valence-corrected chi connectivity index (χ4v) is 7.99. The molecule has 0 bridgehead atoms. The lowest BCUT2D eigenvalue weighted by molar-refractivity contribution is -0.125. The van der Waals surface area contributed by atoms with Gasteiger partial charge in [-0.3, -0.25) is 9.59 Å². The molecular weight excluding hydrogens is 587 g/mol. The summed E-state index contributed by atoms with van der Waals surface area (Å²) in [6, 6.07) is 13.9. The van der Waals surface area contributed by atoms with Crippen molar-refractivity contribution in [2.24, 2.45) is 11.8 Å². The van der Waals surface area contributed by atoms with E-state index in [1.54, 1.807) is 17.6 Å². The molecule has 0 saturated carbocycles. The van der Waals surface area contributed by atoms with E-state index in [0.29, 0.717) is 12.1 Å². The summed E-state index contributed by atoms with van der Waals surface area (Å²) in [4.78, 5) is 29.4. The van der Waals surface area contributed by atoms with Crippen molar-refractivity contribution in [3.05, 3.63) is 59.6 Å². The van der Waals surface area contributed by atoms with Crippen LogP contribution >= 0.6 is 11.3 Å². The Morgan fingerprint density at radius 1 is 1.16 bits per heavy atom. The molecule has 1 fully saturated rings. The van der Waals surface area contributed by atoms with E-state index in [1.807, 2.05) is 51.1 Å². The van der Waals surface area contributed by atoms with E-state index >= 15 is 0 Å². The van der Waals surface area contributed by atoms with Crippen molar-refractivity contribution >= 4 is 43.4 Å². The van der Waals surface area contributed by atoms with Gasteiger partial charge >= 0.3 is 0 Å². The molecule has 2 amide bonds. The van der Waals surface area contributed by atoms with Gasteiger partial charge in [-0.2, -0.15) is 4.31 Å². The standard InChI is InChI=1S/C31H43N5O5S2/c1-22(2)20-36(43(40,41)25-11-12-26-28(17-25)42-21-35-26)31(39,18-24-8-5-4-6-9-24)13-15-33-29(37)16-23(3)19-34-30(38)27-10-7-14-32-27/h4-6,8-9,11-12,17,21-23,27,32,39H,7,10,13-16,18-20H2,1-3H3,(H,33,37)(H,34,38). The smallest absolute Gasteiger partial charge is 0.245 e. The normalized spacial score (nSPS) is 17.7. The maximum absolute atomic E-state index is 14.2. The Balaban J connectivity index is 1.48. The lowest BCUT2D eigenvalue weighted by atomic mass is 9.98. The number of fused-ring (bicyclic) bond motifs is 1.